The number of phenolic OH excluding ortho intramolecular Hbond substituents is 1. The van der Waals surface area contributed by atoms with Gasteiger partial charge in [0.25, 0.3) is 0 Å². The van der Waals surface area contributed by atoms with E-state index < -0.39 is 0 Å². The zero-order valence-corrected chi connectivity index (χ0v) is 19.7. The predicted octanol–water partition coefficient (Wildman–Crippen LogP) is 7.02. The average Bonchev–Trinajstić information content (AvgIpc) is 2.76. The van der Waals surface area contributed by atoms with Crippen molar-refractivity contribution in [1.82, 2.24) is 15.0 Å². The molecule has 0 unspecified atom stereocenters. The van der Waals surface area contributed by atoms with Gasteiger partial charge < -0.3 is 10.4 Å². The van der Waals surface area contributed by atoms with Crippen LogP contribution in [0.3, 0.4) is 0 Å². The highest BCUT2D eigenvalue weighted by Gasteiger charge is 2.25. The van der Waals surface area contributed by atoms with Crippen LogP contribution in [0.2, 0.25) is 0 Å². The molecule has 2 fully saturated rings. The standard InChI is InChI=1S/C26H38N4O/c1-17-15-20(26(2,3)4)22(31)21(16-17)27-25-29-23(18-11-7-5-8-12-18)28-24(30-25)19-13-9-6-10-14-19/h15-16,18-19,31H,5-14H2,1-4H3,(H,27,28,29,30). The number of hydrogen-bond donors (Lipinski definition) is 2. The van der Waals surface area contributed by atoms with E-state index >= 15 is 0 Å². The van der Waals surface area contributed by atoms with Crippen LogP contribution in [-0.2, 0) is 5.41 Å². The molecule has 2 aliphatic carbocycles. The fraction of sp³-hybridized carbons (Fsp3) is 0.654. The molecule has 1 heterocycles. The van der Waals surface area contributed by atoms with Crippen LogP contribution >= 0.6 is 0 Å². The van der Waals surface area contributed by atoms with E-state index in [2.05, 4.69) is 39.1 Å². The Balaban J connectivity index is 1.71. The first-order valence-electron chi connectivity index (χ1n) is 12.2. The van der Waals surface area contributed by atoms with E-state index in [0.717, 1.165) is 48.5 Å². The van der Waals surface area contributed by atoms with Gasteiger partial charge in [0, 0.05) is 17.4 Å². The van der Waals surface area contributed by atoms with E-state index in [1.807, 2.05) is 6.07 Å². The Kier molecular flexibility index (Phi) is 6.49. The van der Waals surface area contributed by atoms with Gasteiger partial charge in [0.1, 0.15) is 17.4 Å². The van der Waals surface area contributed by atoms with Gasteiger partial charge in [-0.1, -0.05) is 65.4 Å². The van der Waals surface area contributed by atoms with Gasteiger partial charge in [0.2, 0.25) is 5.95 Å². The summed E-state index contributed by atoms with van der Waals surface area (Å²) in [5.74, 6) is 3.61. The topological polar surface area (TPSA) is 70.9 Å². The molecule has 0 atom stereocenters. The van der Waals surface area contributed by atoms with Crippen LogP contribution in [0.25, 0.3) is 0 Å². The number of nitrogens with zero attached hydrogens (tertiary/aromatic N) is 3. The van der Waals surface area contributed by atoms with Crippen LogP contribution in [0, 0.1) is 6.92 Å². The minimum atomic E-state index is -0.147. The van der Waals surface area contributed by atoms with Crippen molar-refractivity contribution in [3.05, 3.63) is 34.9 Å². The lowest BCUT2D eigenvalue weighted by molar-refractivity contribution is 0.409. The molecule has 2 aliphatic rings. The van der Waals surface area contributed by atoms with Gasteiger partial charge in [-0.25, -0.2) is 4.98 Å². The van der Waals surface area contributed by atoms with Crippen LogP contribution in [-0.4, -0.2) is 20.1 Å². The molecule has 2 saturated carbocycles. The van der Waals surface area contributed by atoms with Crippen molar-refractivity contribution in [2.24, 2.45) is 0 Å². The summed E-state index contributed by atoms with van der Waals surface area (Å²) in [6.07, 6.45) is 12.3. The first kappa shape index (κ1) is 22.0. The minimum absolute atomic E-state index is 0.147. The van der Waals surface area contributed by atoms with E-state index in [0.29, 0.717) is 23.5 Å². The van der Waals surface area contributed by atoms with E-state index in [-0.39, 0.29) is 11.2 Å². The molecule has 0 spiro atoms. The maximum absolute atomic E-state index is 11.0. The van der Waals surface area contributed by atoms with Gasteiger partial charge in [-0.3, -0.25) is 0 Å². The average molecular weight is 423 g/mol. The number of rotatable bonds is 4. The molecule has 5 heteroatoms. The Morgan fingerprint density at radius 1 is 0.806 bits per heavy atom. The molecule has 0 bridgehead atoms. The summed E-state index contributed by atoms with van der Waals surface area (Å²) in [6.45, 7) is 8.43. The van der Waals surface area contributed by atoms with Gasteiger partial charge in [0.05, 0.1) is 5.69 Å². The van der Waals surface area contributed by atoms with Crippen LogP contribution in [0.5, 0.6) is 5.75 Å². The van der Waals surface area contributed by atoms with Crippen LogP contribution in [0.1, 0.15) is 120 Å². The molecule has 0 radical (unpaired) electrons. The summed E-state index contributed by atoms with van der Waals surface area (Å²) in [4.78, 5) is 14.7. The lowest BCUT2D eigenvalue weighted by Gasteiger charge is -2.25. The summed E-state index contributed by atoms with van der Waals surface area (Å²) < 4.78 is 0. The van der Waals surface area contributed by atoms with Gasteiger partial charge >= 0.3 is 0 Å². The second-order valence-electron chi connectivity index (χ2n) is 10.6. The molecule has 2 N–H and O–H groups in total. The molecule has 1 aromatic carbocycles. The van der Waals surface area contributed by atoms with Gasteiger partial charge in [-0.05, 0) is 49.7 Å². The maximum atomic E-state index is 11.0. The molecule has 1 aromatic heterocycles. The van der Waals surface area contributed by atoms with E-state index in [9.17, 15) is 5.11 Å². The normalized spacial score (nSPS) is 18.8. The molecule has 4 rings (SSSR count). The molecule has 0 amide bonds. The Morgan fingerprint density at radius 3 is 1.81 bits per heavy atom. The zero-order valence-electron chi connectivity index (χ0n) is 19.7. The van der Waals surface area contributed by atoms with Crippen molar-refractivity contribution in [2.45, 2.75) is 109 Å². The summed E-state index contributed by atoms with van der Waals surface area (Å²) in [5, 5.41) is 14.4. The highest BCUT2D eigenvalue weighted by molar-refractivity contribution is 5.67. The smallest absolute Gasteiger partial charge is 0.230 e. The first-order chi connectivity index (χ1) is 14.8. The largest absolute Gasteiger partial charge is 0.505 e. The summed E-state index contributed by atoms with van der Waals surface area (Å²) in [7, 11) is 0. The van der Waals surface area contributed by atoms with Gasteiger partial charge in [0.15, 0.2) is 0 Å². The Morgan fingerprint density at radius 2 is 1.32 bits per heavy atom. The predicted molar refractivity (Wildman–Crippen MR) is 126 cm³/mol. The van der Waals surface area contributed by atoms with Crippen LogP contribution in [0.4, 0.5) is 11.6 Å². The lowest BCUT2D eigenvalue weighted by atomic mass is 9.85. The Bertz CT molecular complexity index is 870. The van der Waals surface area contributed by atoms with Gasteiger partial charge in [-0.2, -0.15) is 9.97 Å². The summed E-state index contributed by atoms with van der Waals surface area (Å²) >= 11 is 0. The van der Waals surface area contributed by atoms with Crippen molar-refractivity contribution in [3.8, 4) is 5.75 Å². The Hall–Kier alpha value is -2.17. The van der Waals surface area contributed by atoms with Crippen molar-refractivity contribution in [3.63, 3.8) is 0 Å². The van der Waals surface area contributed by atoms with Crippen LogP contribution in [0.15, 0.2) is 12.1 Å². The number of hydrogen-bond acceptors (Lipinski definition) is 5. The van der Waals surface area contributed by atoms with Crippen molar-refractivity contribution < 1.29 is 5.11 Å². The molecule has 168 valence electrons. The highest BCUT2D eigenvalue weighted by Crippen LogP contribution is 2.39. The second-order valence-corrected chi connectivity index (χ2v) is 10.6. The number of nitrogens with one attached hydrogen (secondary N) is 1. The first-order valence-corrected chi connectivity index (χ1v) is 12.2. The number of aromatic nitrogens is 3. The maximum Gasteiger partial charge on any atom is 0.230 e. The molecule has 0 saturated heterocycles. The molecule has 5 nitrogen and oxygen atoms in total. The monoisotopic (exact) mass is 422 g/mol. The third-order valence-corrected chi connectivity index (χ3v) is 6.92. The molecule has 0 aliphatic heterocycles. The van der Waals surface area contributed by atoms with Crippen molar-refractivity contribution in [1.29, 1.82) is 0 Å². The van der Waals surface area contributed by atoms with E-state index in [4.69, 9.17) is 15.0 Å². The second kappa shape index (κ2) is 9.13. The van der Waals surface area contributed by atoms with Crippen LogP contribution < -0.4 is 5.32 Å². The molecule has 2 aromatic rings. The highest BCUT2D eigenvalue weighted by atomic mass is 16.3. The Labute approximate surface area is 187 Å². The number of benzene rings is 1. The quantitative estimate of drug-likeness (QED) is 0.518. The fourth-order valence-corrected chi connectivity index (χ4v) is 5.12. The number of aryl methyl sites for hydroxylation is 1. The number of phenols is 1. The van der Waals surface area contributed by atoms with Gasteiger partial charge in [-0.15, -0.1) is 0 Å². The summed E-state index contributed by atoms with van der Waals surface area (Å²) in [5.41, 5.74) is 2.58. The molecular formula is C26H38N4O. The van der Waals surface area contributed by atoms with Crippen molar-refractivity contribution >= 4 is 11.6 Å². The SMILES string of the molecule is Cc1cc(Nc2nc(C3CCCCC3)nc(C3CCCCC3)n2)c(O)c(C(C)(C)C)c1. The third kappa shape index (κ3) is 5.19. The zero-order chi connectivity index (χ0) is 22.0. The third-order valence-electron chi connectivity index (χ3n) is 6.92. The summed E-state index contributed by atoms with van der Waals surface area (Å²) in [6, 6.07) is 4.05. The van der Waals surface area contributed by atoms with Crippen molar-refractivity contribution in [2.75, 3.05) is 5.32 Å². The number of aromatic hydroxyl groups is 1. The van der Waals surface area contributed by atoms with E-state index in [1.165, 1.54) is 38.5 Å². The number of anilines is 2. The lowest BCUT2D eigenvalue weighted by Crippen LogP contribution is -2.17. The molecule has 31 heavy (non-hydrogen) atoms. The minimum Gasteiger partial charge on any atom is -0.505 e. The molecular weight excluding hydrogens is 384 g/mol. The fourth-order valence-electron chi connectivity index (χ4n) is 5.12. The van der Waals surface area contributed by atoms with E-state index in [1.54, 1.807) is 0 Å².